The van der Waals surface area contributed by atoms with Gasteiger partial charge in [-0.1, -0.05) is 19.8 Å². The molecular formula is C23H31N5O. The van der Waals surface area contributed by atoms with E-state index in [2.05, 4.69) is 51.2 Å². The maximum absolute atomic E-state index is 5.43. The van der Waals surface area contributed by atoms with E-state index in [1.807, 2.05) is 6.20 Å². The van der Waals surface area contributed by atoms with Gasteiger partial charge in [0, 0.05) is 54.7 Å². The topological polar surface area (TPSA) is 59.0 Å². The molecule has 1 saturated carbocycles. The summed E-state index contributed by atoms with van der Waals surface area (Å²) in [6.07, 6.45) is 13.5. The minimum Gasteiger partial charge on any atom is -0.379 e. The molecule has 5 rings (SSSR count). The highest BCUT2D eigenvalue weighted by molar-refractivity contribution is 5.93. The highest BCUT2D eigenvalue weighted by Gasteiger charge is 2.21. The summed E-state index contributed by atoms with van der Waals surface area (Å²) in [6, 6.07) is 2.36. The summed E-state index contributed by atoms with van der Waals surface area (Å²) in [6.45, 7) is 8.02. The fourth-order valence-corrected chi connectivity index (χ4v) is 4.77. The van der Waals surface area contributed by atoms with Crippen LogP contribution in [0.15, 0.2) is 30.9 Å². The van der Waals surface area contributed by atoms with E-state index in [1.165, 1.54) is 42.2 Å². The van der Waals surface area contributed by atoms with Gasteiger partial charge in [0.1, 0.15) is 5.65 Å². The Morgan fingerprint density at radius 1 is 1.10 bits per heavy atom. The summed E-state index contributed by atoms with van der Waals surface area (Å²) in [5.41, 5.74) is 4.73. The number of nitrogens with zero attached hydrogens (tertiary/aromatic N) is 4. The van der Waals surface area contributed by atoms with E-state index in [4.69, 9.17) is 9.72 Å². The standard InChI is InChI=1S/C23H31N5O/c1-17-2-4-18(5-3-17)19-12-21-22(15-25-23(21)24-13-19)20-14-26-28(16-20)7-6-27-8-10-29-11-9-27/h12-18H,2-11H2,1H3,(H,24,25). The Bertz CT molecular complexity index is 947. The maximum Gasteiger partial charge on any atom is 0.137 e. The molecule has 0 amide bonds. The first-order chi connectivity index (χ1) is 14.3. The molecule has 4 heterocycles. The molecular weight excluding hydrogens is 362 g/mol. The average Bonchev–Trinajstić information content (AvgIpc) is 3.40. The zero-order valence-electron chi connectivity index (χ0n) is 17.3. The molecule has 1 saturated heterocycles. The number of rotatable bonds is 5. The number of ether oxygens (including phenoxy) is 1. The number of hydrogen-bond acceptors (Lipinski definition) is 4. The fraction of sp³-hybridized carbons (Fsp3) is 0.565. The quantitative estimate of drug-likeness (QED) is 0.710. The molecule has 0 atom stereocenters. The Kier molecular flexibility index (Phi) is 5.38. The van der Waals surface area contributed by atoms with Crippen LogP contribution in [0.2, 0.25) is 0 Å². The molecule has 0 aromatic carbocycles. The third-order valence-corrected chi connectivity index (χ3v) is 6.73. The summed E-state index contributed by atoms with van der Waals surface area (Å²) in [5.74, 6) is 1.52. The normalized spacial score (nSPS) is 23.6. The first-order valence-electron chi connectivity index (χ1n) is 11.1. The highest BCUT2D eigenvalue weighted by atomic mass is 16.5. The van der Waals surface area contributed by atoms with Crippen LogP contribution >= 0.6 is 0 Å². The number of fused-ring (bicyclic) bond motifs is 1. The lowest BCUT2D eigenvalue weighted by Gasteiger charge is -2.26. The molecule has 2 fully saturated rings. The van der Waals surface area contributed by atoms with Crippen molar-refractivity contribution >= 4 is 11.0 Å². The minimum absolute atomic E-state index is 0.655. The first kappa shape index (κ1) is 18.8. The molecule has 0 bridgehead atoms. The number of hydrogen-bond donors (Lipinski definition) is 1. The lowest BCUT2D eigenvalue weighted by atomic mass is 9.80. The van der Waals surface area contributed by atoms with Crippen LogP contribution in [-0.2, 0) is 11.3 Å². The van der Waals surface area contributed by atoms with Crippen LogP contribution in [0.1, 0.15) is 44.1 Å². The van der Waals surface area contributed by atoms with Crippen LogP contribution in [0.5, 0.6) is 0 Å². The van der Waals surface area contributed by atoms with Gasteiger partial charge in [0.15, 0.2) is 0 Å². The molecule has 29 heavy (non-hydrogen) atoms. The predicted octanol–water partition coefficient (Wildman–Crippen LogP) is 4.05. The second-order valence-corrected chi connectivity index (χ2v) is 8.77. The SMILES string of the molecule is CC1CCC(c2cnc3[nH]cc(-c4cnn(CCN5CCOCC5)c4)c3c2)CC1. The van der Waals surface area contributed by atoms with Gasteiger partial charge in [0.25, 0.3) is 0 Å². The predicted molar refractivity (Wildman–Crippen MR) is 115 cm³/mol. The van der Waals surface area contributed by atoms with Gasteiger partial charge in [-0.05, 0) is 36.3 Å². The largest absolute Gasteiger partial charge is 0.379 e. The van der Waals surface area contributed by atoms with Gasteiger partial charge in [-0.2, -0.15) is 5.10 Å². The molecule has 3 aromatic rings. The molecule has 6 heteroatoms. The number of pyridine rings is 1. The summed E-state index contributed by atoms with van der Waals surface area (Å²) < 4.78 is 7.49. The number of H-pyrrole nitrogens is 1. The second-order valence-electron chi connectivity index (χ2n) is 8.77. The van der Waals surface area contributed by atoms with Crippen molar-refractivity contribution in [2.75, 3.05) is 32.8 Å². The average molecular weight is 394 g/mol. The fourth-order valence-electron chi connectivity index (χ4n) is 4.77. The van der Waals surface area contributed by atoms with E-state index >= 15 is 0 Å². The Morgan fingerprint density at radius 3 is 2.76 bits per heavy atom. The molecule has 2 aliphatic rings. The Labute approximate surface area is 172 Å². The lowest BCUT2D eigenvalue weighted by Crippen LogP contribution is -2.38. The van der Waals surface area contributed by atoms with Gasteiger partial charge < -0.3 is 9.72 Å². The van der Waals surface area contributed by atoms with Crippen molar-refractivity contribution in [3.8, 4) is 11.1 Å². The van der Waals surface area contributed by atoms with E-state index in [9.17, 15) is 0 Å². The Balaban J connectivity index is 1.33. The molecule has 154 valence electrons. The van der Waals surface area contributed by atoms with Crippen LogP contribution < -0.4 is 0 Å². The van der Waals surface area contributed by atoms with Crippen LogP contribution in [0, 0.1) is 5.92 Å². The van der Waals surface area contributed by atoms with Crippen molar-refractivity contribution in [1.82, 2.24) is 24.6 Å². The van der Waals surface area contributed by atoms with Gasteiger partial charge in [0.2, 0.25) is 0 Å². The van der Waals surface area contributed by atoms with Crippen LogP contribution in [-0.4, -0.2) is 57.5 Å². The van der Waals surface area contributed by atoms with Crippen molar-refractivity contribution in [1.29, 1.82) is 0 Å². The molecule has 0 unspecified atom stereocenters. The van der Waals surface area contributed by atoms with Crippen LogP contribution in [0.25, 0.3) is 22.2 Å². The van der Waals surface area contributed by atoms with E-state index in [-0.39, 0.29) is 0 Å². The van der Waals surface area contributed by atoms with Gasteiger partial charge in [0.05, 0.1) is 26.0 Å². The van der Waals surface area contributed by atoms with E-state index in [0.29, 0.717) is 5.92 Å². The van der Waals surface area contributed by atoms with Gasteiger partial charge >= 0.3 is 0 Å². The van der Waals surface area contributed by atoms with Crippen molar-refractivity contribution in [2.24, 2.45) is 5.92 Å². The molecule has 1 aliphatic heterocycles. The molecule has 0 spiro atoms. The Morgan fingerprint density at radius 2 is 1.93 bits per heavy atom. The first-order valence-corrected chi connectivity index (χ1v) is 11.1. The third kappa shape index (κ3) is 4.09. The zero-order chi connectivity index (χ0) is 19.6. The number of aromatic nitrogens is 4. The van der Waals surface area contributed by atoms with E-state index in [1.54, 1.807) is 0 Å². The number of morpholine rings is 1. The van der Waals surface area contributed by atoms with Crippen LogP contribution in [0.3, 0.4) is 0 Å². The molecule has 3 aromatic heterocycles. The van der Waals surface area contributed by atoms with Crippen molar-refractivity contribution in [2.45, 2.75) is 45.1 Å². The monoisotopic (exact) mass is 393 g/mol. The summed E-state index contributed by atoms with van der Waals surface area (Å²) >= 11 is 0. The smallest absolute Gasteiger partial charge is 0.137 e. The van der Waals surface area contributed by atoms with Gasteiger partial charge in [-0.25, -0.2) is 4.98 Å². The zero-order valence-corrected chi connectivity index (χ0v) is 17.3. The molecule has 1 aliphatic carbocycles. The van der Waals surface area contributed by atoms with Crippen LogP contribution in [0.4, 0.5) is 0 Å². The summed E-state index contributed by atoms with van der Waals surface area (Å²) in [4.78, 5) is 10.5. The molecule has 6 nitrogen and oxygen atoms in total. The van der Waals surface area contributed by atoms with Crippen molar-refractivity contribution in [3.63, 3.8) is 0 Å². The number of nitrogens with one attached hydrogen (secondary N) is 1. The Hall–Kier alpha value is -2.18. The van der Waals surface area contributed by atoms with Gasteiger partial charge in [-0.15, -0.1) is 0 Å². The number of aromatic amines is 1. The third-order valence-electron chi connectivity index (χ3n) is 6.73. The maximum atomic E-state index is 5.43. The second kappa shape index (κ2) is 8.28. The van der Waals surface area contributed by atoms with Crippen molar-refractivity contribution in [3.05, 3.63) is 36.4 Å². The molecule has 1 N–H and O–H groups in total. The minimum atomic E-state index is 0.655. The lowest BCUT2D eigenvalue weighted by molar-refractivity contribution is 0.0360. The highest BCUT2D eigenvalue weighted by Crippen LogP contribution is 2.37. The van der Waals surface area contributed by atoms with Crippen molar-refractivity contribution < 1.29 is 4.74 Å². The summed E-state index contributed by atoms with van der Waals surface area (Å²) in [5, 5.41) is 5.82. The van der Waals surface area contributed by atoms with E-state index in [0.717, 1.165) is 56.5 Å². The summed E-state index contributed by atoms with van der Waals surface area (Å²) in [7, 11) is 0. The van der Waals surface area contributed by atoms with E-state index < -0.39 is 0 Å². The van der Waals surface area contributed by atoms with Gasteiger partial charge in [-0.3, -0.25) is 9.58 Å². The molecule has 0 radical (unpaired) electrons.